The lowest BCUT2D eigenvalue weighted by molar-refractivity contribution is 0.111. The first-order valence-corrected chi connectivity index (χ1v) is 10.9. The molecule has 0 amide bonds. The summed E-state index contributed by atoms with van der Waals surface area (Å²) in [4.78, 5) is 26.8. The summed E-state index contributed by atoms with van der Waals surface area (Å²) in [5.74, 6) is 1.21. The maximum absolute atomic E-state index is 11.3. The Kier molecular flexibility index (Phi) is 6.77. The number of ether oxygens (including phenoxy) is 1. The number of oxazole rings is 1. The molecule has 0 spiro atoms. The monoisotopic (exact) mass is 449 g/mol. The third-order valence-corrected chi connectivity index (χ3v) is 5.44. The minimum Gasteiger partial charge on any atom is -0.507 e. The van der Waals surface area contributed by atoms with E-state index >= 15 is 0 Å². The number of carbonyl (C=O) groups excluding carboxylic acids is 2. The van der Waals surface area contributed by atoms with Crippen molar-refractivity contribution in [2.45, 2.75) is 58.8 Å². The van der Waals surface area contributed by atoms with Crippen molar-refractivity contribution in [2.75, 3.05) is 6.61 Å². The van der Waals surface area contributed by atoms with Crippen molar-refractivity contribution < 1.29 is 23.8 Å². The summed E-state index contributed by atoms with van der Waals surface area (Å²) in [5, 5.41) is 10.9. The van der Waals surface area contributed by atoms with Crippen molar-refractivity contribution in [1.29, 1.82) is 0 Å². The van der Waals surface area contributed by atoms with E-state index in [0.29, 0.717) is 59.8 Å². The summed E-state index contributed by atoms with van der Waals surface area (Å²) >= 11 is 0. The quantitative estimate of drug-likeness (QED) is 0.453. The van der Waals surface area contributed by atoms with Gasteiger partial charge < -0.3 is 14.3 Å². The number of nitrogens with zero attached hydrogens (tertiary/aromatic N) is 1. The zero-order valence-corrected chi connectivity index (χ0v) is 20.1. The SMILES string of the molecule is CC(C)(C)c1cc(-c2nc(CCOc3ccc(C=O)cc3C=O)co2)cc(C(C)(C)C)c1O. The van der Waals surface area contributed by atoms with Gasteiger partial charge in [-0.05, 0) is 41.2 Å². The zero-order chi connectivity index (χ0) is 24.4. The third kappa shape index (κ3) is 5.51. The molecule has 0 bridgehead atoms. The van der Waals surface area contributed by atoms with Crippen LogP contribution in [-0.2, 0) is 17.3 Å². The van der Waals surface area contributed by atoms with Gasteiger partial charge in [0.25, 0.3) is 0 Å². The van der Waals surface area contributed by atoms with Crippen LogP contribution >= 0.6 is 0 Å². The summed E-state index contributed by atoms with van der Waals surface area (Å²) < 4.78 is 11.5. The Hall–Kier alpha value is -3.41. The van der Waals surface area contributed by atoms with Crippen molar-refractivity contribution in [3.8, 4) is 23.0 Å². The number of phenols is 1. The molecule has 0 fully saturated rings. The zero-order valence-electron chi connectivity index (χ0n) is 20.1. The summed E-state index contributed by atoms with van der Waals surface area (Å²) in [7, 11) is 0. The number of carbonyl (C=O) groups is 2. The molecule has 0 radical (unpaired) electrons. The molecule has 0 saturated heterocycles. The molecule has 0 unspecified atom stereocenters. The molecule has 1 aromatic heterocycles. The minimum atomic E-state index is -0.251. The number of hydrogen-bond acceptors (Lipinski definition) is 6. The molecule has 3 aromatic rings. The fourth-order valence-electron chi connectivity index (χ4n) is 3.59. The fraction of sp³-hybridized carbons (Fsp3) is 0.370. The van der Waals surface area contributed by atoms with Gasteiger partial charge >= 0.3 is 0 Å². The van der Waals surface area contributed by atoms with Crippen LogP contribution in [0.2, 0.25) is 0 Å². The predicted octanol–water partition coefficient (Wildman–Crippen LogP) is 5.89. The summed E-state index contributed by atoms with van der Waals surface area (Å²) in [5.41, 5.74) is 3.45. The second-order valence-corrected chi connectivity index (χ2v) is 10.2. The van der Waals surface area contributed by atoms with Crippen molar-refractivity contribution in [3.63, 3.8) is 0 Å². The van der Waals surface area contributed by atoms with E-state index in [1.165, 1.54) is 6.07 Å². The molecule has 174 valence electrons. The highest BCUT2D eigenvalue weighted by molar-refractivity contribution is 5.84. The van der Waals surface area contributed by atoms with Crippen LogP contribution in [0.3, 0.4) is 0 Å². The highest BCUT2D eigenvalue weighted by Gasteiger charge is 2.27. The molecule has 0 atom stereocenters. The average molecular weight is 450 g/mol. The molecule has 6 nitrogen and oxygen atoms in total. The van der Waals surface area contributed by atoms with E-state index in [9.17, 15) is 14.7 Å². The molecule has 2 aromatic carbocycles. The van der Waals surface area contributed by atoms with Gasteiger partial charge in [-0.3, -0.25) is 9.59 Å². The Morgan fingerprint density at radius 1 is 0.970 bits per heavy atom. The molecule has 6 heteroatoms. The molecule has 0 aliphatic rings. The van der Waals surface area contributed by atoms with Crippen LogP contribution in [0.15, 0.2) is 41.0 Å². The van der Waals surface area contributed by atoms with Gasteiger partial charge in [0.15, 0.2) is 6.29 Å². The van der Waals surface area contributed by atoms with Crippen molar-refractivity contribution in [1.82, 2.24) is 4.98 Å². The summed E-state index contributed by atoms with van der Waals surface area (Å²) in [6.45, 7) is 12.7. The van der Waals surface area contributed by atoms with Gasteiger partial charge in [0.05, 0.1) is 17.9 Å². The molecule has 1 heterocycles. The topological polar surface area (TPSA) is 89.6 Å². The standard InChI is InChI=1S/C27H31NO5/c1-26(2,3)21-12-18(13-22(24(21)31)27(4,5)6)25-28-20(16-33-25)9-10-32-23-8-7-17(14-29)11-19(23)15-30/h7-8,11-16,31H,9-10H2,1-6H3. The van der Waals surface area contributed by atoms with E-state index in [2.05, 4.69) is 46.5 Å². The molecule has 0 aliphatic carbocycles. The lowest BCUT2D eigenvalue weighted by Gasteiger charge is -2.27. The first kappa shape index (κ1) is 24.2. The number of aromatic hydroxyl groups is 1. The third-order valence-electron chi connectivity index (χ3n) is 5.44. The van der Waals surface area contributed by atoms with E-state index in [1.54, 1.807) is 18.4 Å². The Balaban J connectivity index is 1.82. The number of hydrogen-bond donors (Lipinski definition) is 1. The van der Waals surface area contributed by atoms with Crippen LogP contribution in [0.1, 0.15) is 79.1 Å². The van der Waals surface area contributed by atoms with E-state index < -0.39 is 0 Å². The number of phenolic OH excluding ortho intramolecular Hbond substituents is 1. The van der Waals surface area contributed by atoms with Crippen LogP contribution < -0.4 is 4.74 Å². The molecule has 0 aliphatic heterocycles. The average Bonchev–Trinajstić information content (AvgIpc) is 3.21. The molecular formula is C27H31NO5. The van der Waals surface area contributed by atoms with Gasteiger partial charge in [0, 0.05) is 28.7 Å². The van der Waals surface area contributed by atoms with Crippen molar-refractivity contribution in [2.24, 2.45) is 0 Å². The highest BCUT2D eigenvalue weighted by Crippen LogP contribution is 2.41. The van der Waals surface area contributed by atoms with E-state index in [1.807, 2.05) is 12.1 Å². The second kappa shape index (κ2) is 9.22. The molecule has 33 heavy (non-hydrogen) atoms. The Morgan fingerprint density at radius 2 is 1.61 bits per heavy atom. The molecule has 1 N–H and O–H groups in total. The maximum Gasteiger partial charge on any atom is 0.226 e. The first-order valence-electron chi connectivity index (χ1n) is 10.9. The number of benzene rings is 2. The largest absolute Gasteiger partial charge is 0.507 e. The van der Waals surface area contributed by atoms with Crippen molar-refractivity contribution >= 4 is 12.6 Å². The predicted molar refractivity (Wildman–Crippen MR) is 127 cm³/mol. The van der Waals surface area contributed by atoms with E-state index in [-0.39, 0.29) is 10.8 Å². The van der Waals surface area contributed by atoms with Crippen LogP contribution in [0.25, 0.3) is 11.5 Å². The maximum atomic E-state index is 11.3. The fourth-order valence-corrected chi connectivity index (χ4v) is 3.59. The van der Waals surface area contributed by atoms with Gasteiger partial charge in [-0.15, -0.1) is 0 Å². The summed E-state index contributed by atoms with van der Waals surface area (Å²) in [6.07, 6.45) is 3.43. The van der Waals surface area contributed by atoms with Crippen LogP contribution in [-0.4, -0.2) is 29.3 Å². The van der Waals surface area contributed by atoms with Gasteiger partial charge in [-0.1, -0.05) is 41.5 Å². The lowest BCUT2D eigenvalue weighted by Crippen LogP contribution is -2.17. The lowest BCUT2D eigenvalue weighted by atomic mass is 9.78. The van der Waals surface area contributed by atoms with Crippen molar-refractivity contribution in [3.05, 3.63) is 64.5 Å². The normalized spacial score (nSPS) is 11.9. The van der Waals surface area contributed by atoms with Crippen LogP contribution in [0, 0.1) is 0 Å². The second-order valence-electron chi connectivity index (χ2n) is 10.2. The number of aromatic nitrogens is 1. The van der Waals surface area contributed by atoms with Gasteiger partial charge in [0.2, 0.25) is 5.89 Å². The smallest absolute Gasteiger partial charge is 0.226 e. The van der Waals surface area contributed by atoms with E-state index in [4.69, 9.17) is 9.15 Å². The number of rotatable bonds is 7. The number of aldehydes is 2. The van der Waals surface area contributed by atoms with Crippen LogP contribution in [0.4, 0.5) is 0 Å². The minimum absolute atomic E-state index is 0.251. The molecule has 0 saturated carbocycles. The Labute approximate surface area is 194 Å². The Morgan fingerprint density at radius 3 is 2.15 bits per heavy atom. The summed E-state index contributed by atoms with van der Waals surface area (Å²) in [6, 6.07) is 8.57. The highest BCUT2D eigenvalue weighted by atomic mass is 16.5. The molecule has 3 rings (SSSR count). The van der Waals surface area contributed by atoms with Gasteiger partial charge in [-0.2, -0.15) is 0 Å². The van der Waals surface area contributed by atoms with Gasteiger partial charge in [0.1, 0.15) is 24.0 Å². The van der Waals surface area contributed by atoms with E-state index in [0.717, 1.165) is 16.7 Å². The first-order chi connectivity index (χ1) is 15.4. The Bertz CT molecular complexity index is 1130. The van der Waals surface area contributed by atoms with Gasteiger partial charge in [-0.25, -0.2) is 4.98 Å². The van der Waals surface area contributed by atoms with Crippen LogP contribution in [0.5, 0.6) is 11.5 Å². The molecular weight excluding hydrogens is 418 g/mol.